The SMILES string of the molecule is CCCCCCCCCCCCCCNCCCCN(CCCCCCCCCCCCCC)CC(O)CNc1c(NC)c(=O)c1=O. The lowest BCUT2D eigenvalue weighted by Gasteiger charge is -2.26. The fourth-order valence-electron chi connectivity index (χ4n) is 6.65. The van der Waals surface area contributed by atoms with Gasteiger partial charge in [-0.2, -0.15) is 0 Å². The van der Waals surface area contributed by atoms with Gasteiger partial charge in [0.25, 0.3) is 10.9 Å². The second kappa shape index (κ2) is 31.8. The van der Waals surface area contributed by atoms with Crippen LogP contribution in [0.3, 0.4) is 0 Å². The normalized spacial score (nSPS) is 12.4. The minimum Gasteiger partial charge on any atom is -0.390 e. The first-order valence-corrected chi connectivity index (χ1v) is 20.4. The predicted octanol–water partition coefficient (Wildman–Crippen LogP) is 9.17. The molecule has 0 aliphatic carbocycles. The third-order valence-corrected chi connectivity index (χ3v) is 9.76. The van der Waals surface area contributed by atoms with Gasteiger partial charge in [0.05, 0.1) is 6.10 Å². The molecule has 0 heterocycles. The number of nitrogens with one attached hydrogen (secondary N) is 3. The Morgan fingerprint density at radius 1 is 0.532 bits per heavy atom. The Morgan fingerprint density at radius 3 is 1.34 bits per heavy atom. The average molecular weight is 663 g/mol. The van der Waals surface area contributed by atoms with Crippen molar-refractivity contribution in [2.24, 2.45) is 0 Å². The average Bonchev–Trinajstić information content (AvgIpc) is 3.07. The molecule has 0 saturated heterocycles. The Hall–Kier alpha value is -1.44. The number of hydrogen-bond acceptors (Lipinski definition) is 7. The summed E-state index contributed by atoms with van der Waals surface area (Å²) >= 11 is 0. The highest BCUT2D eigenvalue weighted by Gasteiger charge is 2.20. The van der Waals surface area contributed by atoms with Crippen LogP contribution in [-0.2, 0) is 0 Å². The van der Waals surface area contributed by atoms with Crippen LogP contribution < -0.4 is 26.8 Å². The largest absolute Gasteiger partial charge is 0.390 e. The molecule has 1 aromatic rings. The molecular formula is C40H78N4O3. The Bertz CT molecular complexity index is 885. The van der Waals surface area contributed by atoms with Crippen molar-refractivity contribution in [3.8, 4) is 0 Å². The van der Waals surface area contributed by atoms with E-state index in [-0.39, 0.29) is 6.54 Å². The maximum Gasteiger partial charge on any atom is 0.253 e. The molecule has 0 spiro atoms. The highest BCUT2D eigenvalue weighted by atomic mass is 16.3. The zero-order valence-electron chi connectivity index (χ0n) is 31.4. The van der Waals surface area contributed by atoms with Crippen molar-refractivity contribution < 1.29 is 5.11 Å². The van der Waals surface area contributed by atoms with E-state index in [1.54, 1.807) is 7.05 Å². The molecule has 0 aliphatic heterocycles. The van der Waals surface area contributed by atoms with Gasteiger partial charge in [0.1, 0.15) is 11.4 Å². The second-order valence-corrected chi connectivity index (χ2v) is 14.2. The summed E-state index contributed by atoms with van der Waals surface area (Å²) in [6, 6.07) is 0. The molecule has 47 heavy (non-hydrogen) atoms. The van der Waals surface area contributed by atoms with E-state index in [9.17, 15) is 14.7 Å². The summed E-state index contributed by atoms with van der Waals surface area (Å²) in [7, 11) is 1.64. The first-order valence-electron chi connectivity index (χ1n) is 20.4. The van der Waals surface area contributed by atoms with Gasteiger partial charge in [-0.05, 0) is 51.9 Å². The summed E-state index contributed by atoms with van der Waals surface area (Å²) in [5.74, 6) is 0. The minimum absolute atomic E-state index is 0.273. The molecule has 276 valence electrons. The fourth-order valence-corrected chi connectivity index (χ4v) is 6.65. The summed E-state index contributed by atoms with van der Waals surface area (Å²) in [4.78, 5) is 25.9. The van der Waals surface area contributed by atoms with Crippen LogP contribution in [-0.4, -0.2) is 62.4 Å². The smallest absolute Gasteiger partial charge is 0.253 e. The van der Waals surface area contributed by atoms with Crippen molar-refractivity contribution >= 4 is 11.4 Å². The van der Waals surface area contributed by atoms with Crippen LogP contribution >= 0.6 is 0 Å². The summed E-state index contributed by atoms with van der Waals surface area (Å²) in [5, 5.41) is 20.2. The molecule has 1 aromatic carbocycles. The van der Waals surface area contributed by atoms with E-state index in [1.165, 1.54) is 148 Å². The van der Waals surface area contributed by atoms with Gasteiger partial charge < -0.3 is 26.0 Å². The van der Waals surface area contributed by atoms with Crippen molar-refractivity contribution in [3.05, 3.63) is 20.4 Å². The van der Waals surface area contributed by atoms with Gasteiger partial charge in [-0.25, -0.2) is 0 Å². The maximum absolute atomic E-state index is 11.9. The van der Waals surface area contributed by atoms with E-state index in [0.717, 1.165) is 45.4 Å². The van der Waals surface area contributed by atoms with E-state index in [4.69, 9.17) is 0 Å². The highest BCUT2D eigenvalue weighted by molar-refractivity contribution is 5.73. The monoisotopic (exact) mass is 663 g/mol. The fraction of sp³-hybridized carbons (Fsp3) is 0.900. The van der Waals surface area contributed by atoms with E-state index in [1.807, 2.05) is 0 Å². The second-order valence-electron chi connectivity index (χ2n) is 14.2. The van der Waals surface area contributed by atoms with Crippen LogP contribution in [0.15, 0.2) is 9.59 Å². The lowest BCUT2D eigenvalue weighted by molar-refractivity contribution is 0.119. The number of nitrogens with zero attached hydrogens (tertiary/aromatic N) is 1. The Labute approximate surface area is 290 Å². The van der Waals surface area contributed by atoms with Crippen molar-refractivity contribution in [1.29, 1.82) is 0 Å². The van der Waals surface area contributed by atoms with Gasteiger partial charge in [-0.15, -0.1) is 0 Å². The van der Waals surface area contributed by atoms with Gasteiger partial charge in [0.15, 0.2) is 0 Å². The van der Waals surface area contributed by atoms with Crippen LogP contribution in [0.5, 0.6) is 0 Å². The summed E-state index contributed by atoms with van der Waals surface area (Å²) < 4.78 is 0. The van der Waals surface area contributed by atoms with Crippen molar-refractivity contribution in [1.82, 2.24) is 10.2 Å². The molecule has 0 saturated carbocycles. The topological polar surface area (TPSA) is 93.7 Å². The molecule has 1 rings (SSSR count). The molecule has 1 unspecified atom stereocenters. The van der Waals surface area contributed by atoms with Crippen LogP contribution in [0.2, 0.25) is 0 Å². The molecule has 7 heteroatoms. The third-order valence-electron chi connectivity index (χ3n) is 9.76. The van der Waals surface area contributed by atoms with Crippen LogP contribution in [0, 0.1) is 0 Å². The van der Waals surface area contributed by atoms with Gasteiger partial charge in [-0.3, -0.25) is 9.59 Å². The van der Waals surface area contributed by atoms with E-state index >= 15 is 0 Å². The zero-order valence-corrected chi connectivity index (χ0v) is 31.4. The first-order chi connectivity index (χ1) is 23.0. The van der Waals surface area contributed by atoms with E-state index in [0.29, 0.717) is 17.9 Å². The molecule has 1 atom stereocenters. The number of hydrogen-bond donors (Lipinski definition) is 4. The van der Waals surface area contributed by atoms with E-state index in [2.05, 4.69) is 34.7 Å². The maximum atomic E-state index is 11.9. The van der Waals surface area contributed by atoms with Gasteiger partial charge in [-0.1, -0.05) is 155 Å². The molecular weight excluding hydrogens is 584 g/mol. The lowest BCUT2D eigenvalue weighted by Crippen LogP contribution is -2.41. The number of aliphatic hydroxyl groups excluding tert-OH is 1. The lowest BCUT2D eigenvalue weighted by atomic mass is 10.1. The summed E-state index contributed by atoms with van der Waals surface area (Å²) in [6.07, 6.45) is 34.5. The summed E-state index contributed by atoms with van der Waals surface area (Å²) in [5.41, 5.74) is -0.341. The summed E-state index contributed by atoms with van der Waals surface area (Å²) in [6.45, 7) is 9.59. The van der Waals surface area contributed by atoms with Crippen LogP contribution in [0.25, 0.3) is 0 Å². The molecule has 0 aromatic heterocycles. The number of unbranched alkanes of at least 4 members (excludes halogenated alkanes) is 23. The van der Waals surface area contributed by atoms with Crippen LogP contribution in [0.1, 0.15) is 181 Å². The molecule has 0 bridgehead atoms. The van der Waals surface area contributed by atoms with Crippen molar-refractivity contribution in [3.63, 3.8) is 0 Å². The molecule has 0 amide bonds. The Kier molecular flexibility index (Phi) is 29.5. The van der Waals surface area contributed by atoms with Gasteiger partial charge >= 0.3 is 0 Å². The molecule has 0 radical (unpaired) electrons. The third kappa shape index (κ3) is 23.5. The quantitative estimate of drug-likeness (QED) is 0.0417. The van der Waals surface area contributed by atoms with E-state index < -0.39 is 17.0 Å². The number of aliphatic hydroxyl groups is 1. The van der Waals surface area contributed by atoms with Crippen molar-refractivity contribution in [2.45, 2.75) is 187 Å². The van der Waals surface area contributed by atoms with Gasteiger partial charge in [0, 0.05) is 20.1 Å². The molecule has 7 nitrogen and oxygen atoms in total. The zero-order chi connectivity index (χ0) is 34.2. The number of rotatable bonds is 37. The predicted molar refractivity (Wildman–Crippen MR) is 206 cm³/mol. The minimum atomic E-state index is -0.592. The standard InChI is InChI=1S/C40H78N4O3/c1-4-6-8-10-12-14-16-18-20-22-24-26-30-42-31-27-29-33-44(32-28-25-23-21-19-17-15-13-11-9-7-5-2)35-36(45)34-43-38-37(41-3)39(46)40(38)47/h36,41-43,45H,4-35H2,1-3H3. The Morgan fingerprint density at radius 2 is 0.894 bits per heavy atom. The highest BCUT2D eigenvalue weighted by Crippen LogP contribution is 2.15. The van der Waals surface area contributed by atoms with Crippen molar-refractivity contribution in [2.75, 3.05) is 56.9 Å². The Balaban J connectivity index is 2.19. The van der Waals surface area contributed by atoms with Gasteiger partial charge in [0.2, 0.25) is 0 Å². The first kappa shape index (κ1) is 43.6. The molecule has 0 aliphatic rings. The van der Waals surface area contributed by atoms with Crippen LogP contribution in [0.4, 0.5) is 11.4 Å². The molecule has 0 fully saturated rings. The molecule has 4 N–H and O–H groups in total. The number of anilines is 2.